The van der Waals surface area contributed by atoms with E-state index in [0.29, 0.717) is 6.54 Å². The lowest BCUT2D eigenvalue weighted by Crippen LogP contribution is -2.02. The third-order valence-electron chi connectivity index (χ3n) is 2.66. The van der Waals surface area contributed by atoms with Crippen molar-refractivity contribution in [3.8, 4) is 5.75 Å². The van der Waals surface area contributed by atoms with Gasteiger partial charge in [0.05, 0.1) is 26.0 Å². The van der Waals surface area contributed by atoms with E-state index >= 15 is 0 Å². The third kappa shape index (κ3) is 2.65. The molecule has 4 nitrogen and oxygen atoms in total. The van der Waals surface area contributed by atoms with Crippen LogP contribution in [0.25, 0.3) is 0 Å². The Hall–Kier alpha value is -1.81. The molecule has 2 rings (SSSR count). The number of nitrogens with zero attached hydrogens (tertiary/aromatic N) is 2. The first kappa shape index (κ1) is 11.7. The minimum Gasteiger partial charge on any atom is -0.496 e. The highest BCUT2D eigenvalue weighted by Crippen LogP contribution is 2.19. The van der Waals surface area contributed by atoms with Crippen molar-refractivity contribution in [2.45, 2.75) is 19.6 Å². The van der Waals surface area contributed by atoms with E-state index in [-0.39, 0.29) is 0 Å². The second-order valence-corrected chi connectivity index (χ2v) is 3.96. The van der Waals surface area contributed by atoms with E-state index < -0.39 is 6.10 Å². The largest absolute Gasteiger partial charge is 0.496 e. The molecule has 0 aliphatic carbocycles. The quantitative estimate of drug-likeness (QED) is 0.877. The van der Waals surface area contributed by atoms with Crippen molar-refractivity contribution in [2.24, 2.45) is 0 Å². The van der Waals surface area contributed by atoms with Gasteiger partial charge in [-0.15, -0.1) is 0 Å². The zero-order valence-electron chi connectivity index (χ0n) is 10.00. The Morgan fingerprint density at radius 3 is 2.82 bits per heavy atom. The molecule has 2 aromatic rings. The summed E-state index contributed by atoms with van der Waals surface area (Å²) in [7, 11) is 1.66. The van der Waals surface area contributed by atoms with Gasteiger partial charge in [0, 0.05) is 17.3 Å². The van der Waals surface area contributed by atoms with Gasteiger partial charge >= 0.3 is 0 Å². The molecular weight excluding hydrogens is 216 g/mol. The van der Waals surface area contributed by atoms with Gasteiger partial charge in [0.15, 0.2) is 0 Å². The zero-order valence-corrected chi connectivity index (χ0v) is 10.00. The molecular formula is C13H16N2O2. The summed E-state index contributed by atoms with van der Waals surface area (Å²) < 4.78 is 7.07. The molecule has 1 aromatic carbocycles. The Morgan fingerprint density at radius 2 is 2.18 bits per heavy atom. The maximum absolute atomic E-state index is 9.43. The lowest BCUT2D eigenvalue weighted by Gasteiger charge is -2.07. The minimum atomic E-state index is -0.485. The Kier molecular flexibility index (Phi) is 3.44. The molecule has 90 valence electrons. The van der Waals surface area contributed by atoms with Crippen molar-refractivity contribution in [3.63, 3.8) is 0 Å². The van der Waals surface area contributed by atoms with Gasteiger partial charge in [-0.25, -0.2) is 0 Å². The second-order valence-electron chi connectivity index (χ2n) is 3.96. The Labute approximate surface area is 100 Å². The molecule has 0 radical (unpaired) electrons. The molecule has 1 heterocycles. The van der Waals surface area contributed by atoms with Crippen LogP contribution >= 0.6 is 0 Å². The van der Waals surface area contributed by atoms with E-state index in [1.807, 2.05) is 30.5 Å². The molecule has 0 aliphatic heterocycles. The van der Waals surface area contributed by atoms with Crippen molar-refractivity contribution in [1.82, 2.24) is 9.78 Å². The predicted octanol–water partition coefficient (Wildman–Crippen LogP) is 1.99. The average molecular weight is 232 g/mol. The summed E-state index contributed by atoms with van der Waals surface area (Å²) in [6, 6.07) is 7.83. The van der Waals surface area contributed by atoms with Crippen LogP contribution in [-0.4, -0.2) is 22.0 Å². The normalized spacial score (nSPS) is 12.4. The number of hydrogen-bond donors (Lipinski definition) is 1. The van der Waals surface area contributed by atoms with E-state index in [0.717, 1.165) is 16.9 Å². The molecule has 1 N–H and O–H groups in total. The van der Waals surface area contributed by atoms with E-state index in [1.165, 1.54) is 0 Å². The third-order valence-corrected chi connectivity index (χ3v) is 2.66. The highest BCUT2D eigenvalue weighted by molar-refractivity contribution is 5.33. The zero-order chi connectivity index (χ0) is 12.3. The van der Waals surface area contributed by atoms with Gasteiger partial charge in [0.25, 0.3) is 0 Å². The van der Waals surface area contributed by atoms with Crippen molar-refractivity contribution in [2.75, 3.05) is 7.11 Å². The topological polar surface area (TPSA) is 47.3 Å². The standard InChI is InChI=1S/C13H16N2O2/c1-10(16)12-7-14-15(9-12)8-11-5-3-4-6-13(11)17-2/h3-7,9-10,16H,8H2,1-2H3. The highest BCUT2D eigenvalue weighted by atomic mass is 16.5. The van der Waals surface area contributed by atoms with Crippen LogP contribution in [0.2, 0.25) is 0 Å². The molecule has 17 heavy (non-hydrogen) atoms. The van der Waals surface area contributed by atoms with Gasteiger partial charge in [0.1, 0.15) is 5.75 Å². The summed E-state index contributed by atoms with van der Waals surface area (Å²) in [5.41, 5.74) is 1.88. The van der Waals surface area contributed by atoms with Gasteiger partial charge in [0.2, 0.25) is 0 Å². The molecule has 0 amide bonds. The summed E-state index contributed by atoms with van der Waals surface area (Å²) in [5, 5.41) is 13.6. The van der Waals surface area contributed by atoms with Gasteiger partial charge in [-0.2, -0.15) is 5.10 Å². The Bertz CT molecular complexity index is 492. The fraction of sp³-hybridized carbons (Fsp3) is 0.308. The fourth-order valence-electron chi connectivity index (χ4n) is 1.69. The van der Waals surface area contributed by atoms with Crippen LogP contribution in [0.5, 0.6) is 5.75 Å². The second kappa shape index (κ2) is 5.01. The molecule has 1 atom stereocenters. The first-order valence-corrected chi connectivity index (χ1v) is 5.53. The Balaban J connectivity index is 2.19. The summed E-state index contributed by atoms with van der Waals surface area (Å²) >= 11 is 0. The molecule has 0 bridgehead atoms. The van der Waals surface area contributed by atoms with Crippen molar-refractivity contribution in [1.29, 1.82) is 0 Å². The summed E-state index contributed by atoms with van der Waals surface area (Å²) in [6.07, 6.45) is 3.04. The average Bonchev–Trinajstić information content (AvgIpc) is 2.78. The molecule has 0 saturated carbocycles. The highest BCUT2D eigenvalue weighted by Gasteiger charge is 2.06. The van der Waals surface area contributed by atoms with Crippen LogP contribution in [0.15, 0.2) is 36.7 Å². The van der Waals surface area contributed by atoms with Crippen LogP contribution in [0.4, 0.5) is 0 Å². The SMILES string of the molecule is COc1ccccc1Cn1cc(C(C)O)cn1. The smallest absolute Gasteiger partial charge is 0.123 e. The van der Waals surface area contributed by atoms with E-state index in [4.69, 9.17) is 4.74 Å². The van der Waals surface area contributed by atoms with Gasteiger partial charge in [-0.05, 0) is 13.0 Å². The van der Waals surface area contributed by atoms with Gasteiger partial charge in [-0.1, -0.05) is 18.2 Å². The number of ether oxygens (including phenoxy) is 1. The predicted molar refractivity (Wildman–Crippen MR) is 65.0 cm³/mol. The number of aliphatic hydroxyl groups excluding tert-OH is 1. The molecule has 4 heteroatoms. The van der Waals surface area contributed by atoms with Crippen LogP contribution in [0.3, 0.4) is 0 Å². The number of hydrogen-bond acceptors (Lipinski definition) is 3. The van der Waals surface area contributed by atoms with Crippen LogP contribution in [-0.2, 0) is 6.54 Å². The first-order chi connectivity index (χ1) is 8.20. The Morgan fingerprint density at radius 1 is 1.41 bits per heavy atom. The summed E-state index contributed by atoms with van der Waals surface area (Å²) in [6.45, 7) is 2.36. The number of aliphatic hydroxyl groups is 1. The van der Waals surface area contributed by atoms with Gasteiger partial charge < -0.3 is 9.84 Å². The lowest BCUT2D eigenvalue weighted by atomic mass is 10.2. The molecule has 0 fully saturated rings. The monoisotopic (exact) mass is 232 g/mol. The van der Waals surface area contributed by atoms with E-state index in [1.54, 1.807) is 24.9 Å². The number of para-hydroxylation sites is 1. The number of aromatic nitrogens is 2. The minimum absolute atomic E-state index is 0.485. The van der Waals surface area contributed by atoms with E-state index in [2.05, 4.69) is 5.10 Å². The van der Waals surface area contributed by atoms with Crippen LogP contribution in [0, 0.1) is 0 Å². The number of rotatable bonds is 4. The summed E-state index contributed by atoms with van der Waals surface area (Å²) in [4.78, 5) is 0. The molecule has 0 spiro atoms. The maximum Gasteiger partial charge on any atom is 0.123 e. The fourth-order valence-corrected chi connectivity index (χ4v) is 1.69. The van der Waals surface area contributed by atoms with Gasteiger partial charge in [-0.3, -0.25) is 4.68 Å². The number of benzene rings is 1. The van der Waals surface area contributed by atoms with Crippen molar-refractivity contribution < 1.29 is 9.84 Å². The van der Waals surface area contributed by atoms with Crippen LogP contribution < -0.4 is 4.74 Å². The molecule has 1 unspecified atom stereocenters. The first-order valence-electron chi connectivity index (χ1n) is 5.53. The number of methoxy groups -OCH3 is 1. The lowest BCUT2D eigenvalue weighted by molar-refractivity contribution is 0.199. The molecule has 0 saturated heterocycles. The van der Waals surface area contributed by atoms with Crippen molar-refractivity contribution in [3.05, 3.63) is 47.8 Å². The maximum atomic E-state index is 9.43. The van der Waals surface area contributed by atoms with Crippen LogP contribution in [0.1, 0.15) is 24.2 Å². The molecule has 1 aromatic heterocycles. The molecule has 0 aliphatic rings. The van der Waals surface area contributed by atoms with Crippen molar-refractivity contribution >= 4 is 0 Å². The summed E-state index contributed by atoms with van der Waals surface area (Å²) in [5.74, 6) is 0.849. The van der Waals surface area contributed by atoms with E-state index in [9.17, 15) is 5.11 Å².